The quantitative estimate of drug-likeness (QED) is 0.453. The molecule has 0 spiro atoms. The van der Waals surface area contributed by atoms with Crippen LogP contribution >= 0.6 is 0 Å². The van der Waals surface area contributed by atoms with Gasteiger partial charge in [-0.05, 0) is 37.5 Å². The maximum Gasteiger partial charge on any atom is 0.387 e. The van der Waals surface area contributed by atoms with E-state index in [1.54, 1.807) is 12.1 Å². The van der Waals surface area contributed by atoms with Crippen molar-refractivity contribution in [3.05, 3.63) is 23.8 Å². The number of halogens is 2. The number of nitrogens with zero attached hydrogens (tertiary/aromatic N) is 2. The van der Waals surface area contributed by atoms with E-state index in [2.05, 4.69) is 20.4 Å². The van der Waals surface area contributed by atoms with Crippen molar-refractivity contribution in [2.24, 2.45) is 10.9 Å². The predicted molar refractivity (Wildman–Crippen MR) is 107 cm³/mol. The topological polar surface area (TPSA) is 92.3 Å². The molecule has 8 nitrogen and oxygen atoms in total. The molecule has 1 unspecified atom stereocenters. The third-order valence-electron chi connectivity index (χ3n) is 4.51. The van der Waals surface area contributed by atoms with Crippen LogP contribution in [-0.4, -0.2) is 64.8 Å². The number of nitrogens with one attached hydrogen (secondary N) is 2. The van der Waals surface area contributed by atoms with Crippen molar-refractivity contribution >= 4 is 16.0 Å². The molecule has 1 fully saturated rings. The monoisotopic (exact) mass is 434 g/mol. The van der Waals surface area contributed by atoms with E-state index in [0.29, 0.717) is 43.5 Å². The summed E-state index contributed by atoms with van der Waals surface area (Å²) in [5, 5.41) is 6.28. The van der Waals surface area contributed by atoms with Gasteiger partial charge >= 0.3 is 6.61 Å². The van der Waals surface area contributed by atoms with Crippen LogP contribution in [0.1, 0.15) is 18.9 Å². The van der Waals surface area contributed by atoms with Gasteiger partial charge in [0.1, 0.15) is 11.5 Å². The number of hydrogen-bond donors (Lipinski definition) is 2. The molecule has 1 saturated heterocycles. The standard InChI is InChI=1S/C18H28F2N4O4S/c1-4-21-18(22-10-13-7-8-24(12-13)29(3,25)26)23-11-14-9-15(27-2)5-6-16(14)28-17(19)20/h5-6,9,13,17H,4,7-8,10-12H2,1-3H3,(H2,21,22,23). The molecule has 1 aliphatic heterocycles. The highest BCUT2D eigenvalue weighted by atomic mass is 32.2. The van der Waals surface area contributed by atoms with Gasteiger partial charge in [0.25, 0.3) is 0 Å². The third-order valence-corrected chi connectivity index (χ3v) is 5.78. The first-order valence-electron chi connectivity index (χ1n) is 9.32. The Hall–Kier alpha value is -2.14. The second-order valence-electron chi connectivity index (χ2n) is 6.70. The van der Waals surface area contributed by atoms with E-state index in [0.717, 1.165) is 6.42 Å². The summed E-state index contributed by atoms with van der Waals surface area (Å²) in [6.45, 7) is 1.23. The molecule has 1 heterocycles. The van der Waals surface area contributed by atoms with Crippen molar-refractivity contribution in [3.63, 3.8) is 0 Å². The molecule has 0 radical (unpaired) electrons. The van der Waals surface area contributed by atoms with Crippen LogP contribution in [0.4, 0.5) is 8.78 Å². The zero-order valence-corrected chi connectivity index (χ0v) is 17.6. The average Bonchev–Trinajstić information content (AvgIpc) is 3.14. The molecule has 11 heteroatoms. The van der Waals surface area contributed by atoms with Crippen molar-refractivity contribution in [2.75, 3.05) is 39.5 Å². The number of ether oxygens (including phenoxy) is 2. The first-order chi connectivity index (χ1) is 13.7. The van der Waals surface area contributed by atoms with Gasteiger partial charge in [-0.25, -0.2) is 17.7 Å². The van der Waals surface area contributed by atoms with Crippen molar-refractivity contribution < 1.29 is 26.7 Å². The Bertz CT molecular complexity index is 805. The minimum atomic E-state index is -3.18. The second-order valence-corrected chi connectivity index (χ2v) is 8.69. The maximum atomic E-state index is 12.7. The van der Waals surface area contributed by atoms with Crippen LogP contribution in [0.25, 0.3) is 0 Å². The zero-order chi connectivity index (χ0) is 21.4. The SMILES string of the molecule is CCNC(=NCc1cc(OC)ccc1OC(F)F)NCC1CCN(S(C)(=O)=O)C1. The molecule has 2 rings (SSSR count). The average molecular weight is 435 g/mol. The molecule has 1 aromatic rings. The normalized spacial score (nSPS) is 18.1. The fourth-order valence-corrected chi connectivity index (χ4v) is 3.95. The highest BCUT2D eigenvalue weighted by Crippen LogP contribution is 2.26. The lowest BCUT2D eigenvalue weighted by molar-refractivity contribution is -0.0504. The van der Waals surface area contributed by atoms with Crippen molar-refractivity contribution in [2.45, 2.75) is 26.5 Å². The van der Waals surface area contributed by atoms with Gasteiger partial charge in [0.05, 0.1) is 19.9 Å². The van der Waals surface area contributed by atoms with Crippen molar-refractivity contribution in [3.8, 4) is 11.5 Å². The summed E-state index contributed by atoms with van der Waals surface area (Å²) in [4.78, 5) is 4.44. The number of sulfonamides is 1. The molecule has 0 saturated carbocycles. The van der Waals surface area contributed by atoms with Crippen LogP contribution in [0.3, 0.4) is 0 Å². The van der Waals surface area contributed by atoms with Gasteiger partial charge in [-0.2, -0.15) is 8.78 Å². The summed E-state index contributed by atoms with van der Waals surface area (Å²) in [5.74, 6) is 1.24. The number of alkyl halides is 2. The smallest absolute Gasteiger partial charge is 0.387 e. The van der Waals surface area contributed by atoms with E-state index < -0.39 is 16.6 Å². The molecule has 2 N–H and O–H groups in total. The first-order valence-corrected chi connectivity index (χ1v) is 11.2. The number of guanidine groups is 1. The van der Waals surface area contributed by atoms with Crippen LogP contribution < -0.4 is 20.1 Å². The molecule has 0 amide bonds. The van der Waals surface area contributed by atoms with Gasteiger partial charge < -0.3 is 20.1 Å². The largest absolute Gasteiger partial charge is 0.497 e. The van der Waals surface area contributed by atoms with Crippen LogP contribution in [-0.2, 0) is 16.6 Å². The lowest BCUT2D eigenvalue weighted by Gasteiger charge is -2.16. The molecule has 0 aromatic heterocycles. The second kappa shape index (κ2) is 10.6. The number of methoxy groups -OCH3 is 1. The van der Waals surface area contributed by atoms with Gasteiger partial charge in [-0.15, -0.1) is 0 Å². The lowest BCUT2D eigenvalue weighted by Crippen LogP contribution is -2.40. The Morgan fingerprint density at radius 1 is 1.38 bits per heavy atom. The molecular weight excluding hydrogens is 406 g/mol. The zero-order valence-electron chi connectivity index (χ0n) is 16.8. The number of rotatable bonds is 9. The summed E-state index contributed by atoms with van der Waals surface area (Å²) in [6, 6.07) is 4.57. The first kappa shape index (κ1) is 23.1. The van der Waals surface area contributed by atoms with Crippen molar-refractivity contribution in [1.29, 1.82) is 0 Å². The van der Waals surface area contributed by atoms with E-state index in [4.69, 9.17) is 4.74 Å². The Morgan fingerprint density at radius 2 is 2.14 bits per heavy atom. The van der Waals surface area contributed by atoms with Gasteiger partial charge in [0.15, 0.2) is 5.96 Å². The van der Waals surface area contributed by atoms with E-state index >= 15 is 0 Å². The summed E-state index contributed by atoms with van der Waals surface area (Å²) in [6.07, 6.45) is 1.98. The van der Waals surface area contributed by atoms with Gasteiger partial charge in [-0.1, -0.05) is 0 Å². The number of hydrogen-bond acceptors (Lipinski definition) is 5. The summed E-state index contributed by atoms with van der Waals surface area (Å²) in [5.41, 5.74) is 0.464. The van der Waals surface area contributed by atoms with E-state index in [1.165, 1.54) is 23.7 Å². The lowest BCUT2D eigenvalue weighted by atomic mass is 10.1. The molecule has 1 aromatic carbocycles. The summed E-state index contributed by atoms with van der Waals surface area (Å²) >= 11 is 0. The van der Waals surface area contributed by atoms with E-state index in [9.17, 15) is 17.2 Å². The molecule has 0 bridgehead atoms. The molecule has 1 aliphatic rings. The predicted octanol–water partition coefficient (Wildman–Crippen LogP) is 1.63. The summed E-state index contributed by atoms with van der Waals surface area (Å²) < 4.78 is 59.7. The number of aliphatic imine (C=N–C) groups is 1. The van der Waals surface area contributed by atoms with Crippen LogP contribution in [0.5, 0.6) is 11.5 Å². The molecule has 0 aliphatic carbocycles. The summed E-state index contributed by atoms with van der Waals surface area (Å²) in [7, 11) is -1.69. The fraction of sp³-hybridized carbons (Fsp3) is 0.611. The Morgan fingerprint density at radius 3 is 2.72 bits per heavy atom. The van der Waals surface area contributed by atoms with E-state index in [1.807, 2.05) is 6.92 Å². The van der Waals surface area contributed by atoms with Gasteiger partial charge in [-0.3, -0.25) is 0 Å². The Labute approximate surface area is 170 Å². The molecule has 164 valence electrons. The van der Waals surface area contributed by atoms with Crippen LogP contribution in [0, 0.1) is 5.92 Å². The minimum absolute atomic E-state index is 0.0417. The molecule has 29 heavy (non-hydrogen) atoms. The molecule has 1 atom stereocenters. The molecular formula is C18H28F2N4O4S. The third kappa shape index (κ3) is 7.32. The minimum Gasteiger partial charge on any atom is -0.497 e. The Kier molecular flexibility index (Phi) is 8.45. The highest BCUT2D eigenvalue weighted by molar-refractivity contribution is 7.88. The van der Waals surface area contributed by atoms with Crippen molar-refractivity contribution in [1.82, 2.24) is 14.9 Å². The highest BCUT2D eigenvalue weighted by Gasteiger charge is 2.28. The Balaban J connectivity index is 2.03. The maximum absolute atomic E-state index is 12.7. The van der Waals surface area contributed by atoms with E-state index in [-0.39, 0.29) is 18.2 Å². The van der Waals surface area contributed by atoms with Crippen LogP contribution in [0.2, 0.25) is 0 Å². The van der Waals surface area contributed by atoms with Gasteiger partial charge in [0, 0.05) is 31.7 Å². The van der Waals surface area contributed by atoms with Crippen LogP contribution in [0.15, 0.2) is 23.2 Å². The van der Waals surface area contributed by atoms with Gasteiger partial charge in [0.2, 0.25) is 10.0 Å². The number of benzene rings is 1. The fourth-order valence-electron chi connectivity index (χ4n) is 3.03.